The third-order valence-corrected chi connectivity index (χ3v) is 3.80. The number of ether oxygens (including phenoxy) is 1. The van der Waals surface area contributed by atoms with Gasteiger partial charge in [-0.05, 0) is 5.39 Å². The molecule has 1 aromatic carbocycles. The van der Waals surface area contributed by atoms with Gasteiger partial charge in [0.25, 0.3) is 0 Å². The van der Waals surface area contributed by atoms with E-state index in [1.165, 1.54) is 24.6 Å². The monoisotopic (exact) mass is 270 g/mol. The highest BCUT2D eigenvalue weighted by atomic mass is 32.1. The van der Waals surface area contributed by atoms with Gasteiger partial charge in [-0.1, -0.05) is 24.3 Å². The maximum atomic E-state index is 11.5. The molecule has 94 valence electrons. The Morgan fingerprint density at radius 2 is 2.05 bits per heavy atom. The molecule has 4 nitrogen and oxygen atoms in total. The van der Waals surface area contributed by atoms with Gasteiger partial charge in [-0.3, -0.25) is 4.98 Å². The van der Waals surface area contributed by atoms with Crippen molar-refractivity contribution < 1.29 is 9.53 Å². The first-order chi connectivity index (χ1) is 9.29. The standard InChI is InChI=1S/C14H10N2O2S/c1-18-14(17)12-8-16-13(19-12)11-7-15-6-9-4-2-3-5-10(9)11/h2-8H,1H3. The Morgan fingerprint density at radius 3 is 2.89 bits per heavy atom. The summed E-state index contributed by atoms with van der Waals surface area (Å²) in [6.07, 6.45) is 5.11. The Kier molecular flexibility index (Phi) is 2.97. The predicted octanol–water partition coefficient (Wildman–Crippen LogP) is 3.14. The number of esters is 1. The summed E-state index contributed by atoms with van der Waals surface area (Å²) in [5.41, 5.74) is 0.929. The molecule has 0 saturated heterocycles. The van der Waals surface area contributed by atoms with Crippen LogP contribution in [0.2, 0.25) is 0 Å². The molecule has 0 aliphatic rings. The number of hydrogen-bond donors (Lipinski definition) is 0. The van der Waals surface area contributed by atoms with Crippen molar-refractivity contribution in [2.24, 2.45) is 0 Å². The molecule has 5 heteroatoms. The van der Waals surface area contributed by atoms with Gasteiger partial charge in [0.1, 0.15) is 9.88 Å². The first kappa shape index (κ1) is 11.8. The number of carbonyl (C=O) groups excluding carboxylic acids is 1. The molecule has 0 saturated carbocycles. The van der Waals surface area contributed by atoms with Gasteiger partial charge in [0.15, 0.2) is 0 Å². The van der Waals surface area contributed by atoms with Gasteiger partial charge in [-0.15, -0.1) is 11.3 Å². The van der Waals surface area contributed by atoms with Gasteiger partial charge >= 0.3 is 5.97 Å². The van der Waals surface area contributed by atoms with E-state index in [1.54, 1.807) is 6.20 Å². The number of methoxy groups -OCH3 is 1. The molecule has 0 radical (unpaired) electrons. The molecule has 0 aliphatic heterocycles. The number of carbonyl (C=O) groups is 1. The number of thiazole rings is 1. The van der Waals surface area contributed by atoms with Gasteiger partial charge < -0.3 is 4.74 Å². The Morgan fingerprint density at radius 1 is 1.21 bits per heavy atom. The lowest BCUT2D eigenvalue weighted by atomic mass is 10.1. The molecule has 0 bridgehead atoms. The minimum absolute atomic E-state index is 0.364. The number of nitrogens with zero attached hydrogens (tertiary/aromatic N) is 2. The summed E-state index contributed by atoms with van der Waals surface area (Å²) in [6, 6.07) is 7.96. The zero-order chi connectivity index (χ0) is 13.2. The number of rotatable bonds is 2. The van der Waals surface area contributed by atoms with Crippen LogP contribution in [0.4, 0.5) is 0 Å². The maximum absolute atomic E-state index is 11.5. The second-order valence-electron chi connectivity index (χ2n) is 3.93. The molecule has 3 rings (SSSR count). The molecule has 0 atom stereocenters. The Bertz CT molecular complexity index is 747. The lowest BCUT2D eigenvalue weighted by molar-refractivity contribution is 0.0606. The van der Waals surface area contributed by atoms with E-state index >= 15 is 0 Å². The van der Waals surface area contributed by atoms with Crippen molar-refractivity contribution in [3.8, 4) is 10.6 Å². The van der Waals surface area contributed by atoms with Crippen LogP contribution in [0.25, 0.3) is 21.3 Å². The van der Waals surface area contributed by atoms with Crippen LogP contribution in [0.15, 0.2) is 42.9 Å². The molecule has 0 fully saturated rings. The third-order valence-electron chi connectivity index (χ3n) is 2.79. The molecule has 0 spiro atoms. The molecule has 3 aromatic rings. The summed E-state index contributed by atoms with van der Waals surface area (Å²) in [6.45, 7) is 0. The SMILES string of the molecule is COC(=O)c1cnc(-c2cncc3ccccc23)s1. The summed E-state index contributed by atoms with van der Waals surface area (Å²) >= 11 is 1.31. The fourth-order valence-electron chi connectivity index (χ4n) is 1.88. The highest BCUT2D eigenvalue weighted by molar-refractivity contribution is 7.16. The highest BCUT2D eigenvalue weighted by Crippen LogP contribution is 2.30. The average molecular weight is 270 g/mol. The van der Waals surface area contributed by atoms with Gasteiger partial charge in [-0.2, -0.15) is 0 Å². The Balaban J connectivity index is 2.14. The smallest absolute Gasteiger partial charge is 0.349 e. The van der Waals surface area contributed by atoms with E-state index in [0.717, 1.165) is 21.3 Å². The third kappa shape index (κ3) is 2.08. The van der Waals surface area contributed by atoms with E-state index in [9.17, 15) is 4.79 Å². The predicted molar refractivity (Wildman–Crippen MR) is 74.2 cm³/mol. The van der Waals surface area contributed by atoms with E-state index in [0.29, 0.717) is 4.88 Å². The summed E-state index contributed by atoms with van der Waals surface area (Å²) in [4.78, 5) is 20.4. The highest BCUT2D eigenvalue weighted by Gasteiger charge is 2.13. The van der Waals surface area contributed by atoms with Crippen molar-refractivity contribution >= 4 is 28.1 Å². The van der Waals surface area contributed by atoms with E-state index < -0.39 is 0 Å². The van der Waals surface area contributed by atoms with Crippen molar-refractivity contribution in [1.82, 2.24) is 9.97 Å². The van der Waals surface area contributed by atoms with Crippen LogP contribution >= 0.6 is 11.3 Å². The zero-order valence-electron chi connectivity index (χ0n) is 10.2. The molecule has 0 N–H and O–H groups in total. The Hall–Kier alpha value is -2.27. The van der Waals surface area contributed by atoms with Crippen molar-refractivity contribution in [3.05, 3.63) is 47.7 Å². The van der Waals surface area contributed by atoms with Gasteiger partial charge in [-0.25, -0.2) is 9.78 Å². The molecule has 2 heterocycles. The van der Waals surface area contributed by atoms with E-state index in [-0.39, 0.29) is 5.97 Å². The molecule has 19 heavy (non-hydrogen) atoms. The largest absolute Gasteiger partial charge is 0.465 e. The minimum atomic E-state index is -0.364. The van der Waals surface area contributed by atoms with Crippen LogP contribution in [0.5, 0.6) is 0 Å². The number of pyridine rings is 1. The fraction of sp³-hybridized carbons (Fsp3) is 0.0714. The molecule has 2 aromatic heterocycles. The number of benzene rings is 1. The molecular weight excluding hydrogens is 260 g/mol. The van der Waals surface area contributed by atoms with Crippen LogP contribution in [-0.2, 0) is 4.74 Å². The lowest BCUT2D eigenvalue weighted by Gasteiger charge is -2.02. The van der Waals surface area contributed by atoms with Crippen LogP contribution in [-0.4, -0.2) is 23.0 Å². The van der Waals surface area contributed by atoms with Crippen LogP contribution < -0.4 is 0 Å². The number of fused-ring (bicyclic) bond motifs is 1. The number of hydrogen-bond acceptors (Lipinski definition) is 5. The second kappa shape index (κ2) is 4.78. The average Bonchev–Trinajstić information content (AvgIpc) is 2.95. The van der Waals surface area contributed by atoms with Gasteiger partial charge in [0.2, 0.25) is 0 Å². The van der Waals surface area contributed by atoms with Crippen molar-refractivity contribution in [3.63, 3.8) is 0 Å². The Labute approximate surface area is 113 Å². The fourth-order valence-corrected chi connectivity index (χ4v) is 2.74. The molecule has 0 unspecified atom stereocenters. The van der Waals surface area contributed by atoms with Crippen molar-refractivity contribution in [2.75, 3.05) is 7.11 Å². The number of aromatic nitrogens is 2. The molecule has 0 aliphatic carbocycles. The summed E-state index contributed by atoms with van der Waals surface area (Å²) < 4.78 is 4.69. The topological polar surface area (TPSA) is 52.1 Å². The molecule has 0 amide bonds. The quantitative estimate of drug-likeness (QED) is 0.671. The summed E-state index contributed by atoms with van der Waals surface area (Å²) in [7, 11) is 1.36. The minimum Gasteiger partial charge on any atom is -0.465 e. The zero-order valence-corrected chi connectivity index (χ0v) is 11.0. The van der Waals surface area contributed by atoms with E-state index in [4.69, 9.17) is 0 Å². The summed E-state index contributed by atoms with van der Waals surface area (Å²) in [5, 5.41) is 2.89. The van der Waals surface area contributed by atoms with E-state index in [1.807, 2.05) is 30.5 Å². The second-order valence-corrected chi connectivity index (χ2v) is 4.96. The van der Waals surface area contributed by atoms with Crippen molar-refractivity contribution in [1.29, 1.82) is 0 Å². The normalized spacial score (nSPS) is 10.6. The molecular formula is C14H10N2O2S. The van der Waals surface area contributed by atoms with Gasteiger partial charge in [0.05, 0.1) is 13.3 Å². The first-order valence-electron chi connectivity index (χ1n) is 5.67. The maximum Gasteiger partial charge on any atom is 0.349 e. The summed E-state index contributed by atoms with van der Waals surface area (Å²) in [5.74, 6) is -0.364. The van der Waals surface area contributed by atoms with Crippen LogP contribution in [0.1, 0.15) is 9.67 Å². The lowest BCUT2D eigenvalue weighted by Crippen LogP contribution is -1.96. The van der Waals surface area contributed by atoms with Crippen LogP contribution in [0.3, 0.4) is 0 Å². The van der Waals surface area contributed by atoms with Crippen molar-refractivity contribution in [2.45, 2.75) is 0 Å². The first-order valence-corrected chi connectivity index (χ1v) is 6.48. The van der Waals surface area contributed by atoms with Crippen LogP contribution in [0, 0.1) is 0 Å². The van der Waals surface area contributed by atoms with E-state index in [2.05, 4.69) is 14.7 Å². The van der Waals surface area contributed by atoms with Gasteiger partial charge in [0, 0.05) is 23.3 Å².